The van der Waals surface area contributed by atoms with Crippen molar-refractivity contribution in [1.82, 2.24) is 15.1 Å². The fraction of sp³-hybridized carbons (Fsp3) is 0.786. The molecule has 4 heteroatoms. The maximum Gasteiger partial charge on any atom is 0.234 e. The number of nitrogens with one attached hydrogen (secondary N) is 1. The van der Waals surface area contributed by atoms with Crippen LogP contribution in [-0.4, -0.2) is 62.0 Å². The zero-order valence-electron chi connectivity index (χ0n) is 12.0. The predicted octanol–water partition coefficient (Wildman–Crippen LogP) is 0.400. The zero-order valence-corrected chi connectivity index (χ0v) is 12.0. The molecule has 1 saturated heterocycles. The second-order valence-corrected chi connectivity index (χ2v) is 5.91. The summed E-state index contributed by atoms with van der Waals surface area (Å²) in [4.78, 5) is 16.2. The molecule has 1 aliphatic heterocycles. The van der Waals surface area contributed by atoms with E-state index in [4.69, 9.17) is 0 Å². The van der Waals surface area contributed by atoms with Crippen molar-refractivity contribution >= 4 is 5.91 Å². The maximum atomic E-state index is 11.7. The van der Waals surface area contributed by atoms with Crippen LogP contribution in [0.1, 0.15) is 20.8 Å². The molecular formula is C14H25N3O. The van der Waals surface area contributed by atoms with E-state index in [1.54, 1.807) is 0 Å². The first-order valence-corrected chi connectivity index (χ1v) is 6.54. The number of carbonyl (C=O) groups is 1. The molecule has 4 nitrogen and oxygen atoms in total. The van der Waals surface area contributed by atoms with Crippen molar-refractivity contribution < 1.29 is 4.79 Å². The summed E-state index contributed by atoms with van der Waals surface area (Å²) in [5.74, 6) is 6.17. The summed E-state index contributed by atoms with van der Waals surface area (Å²) in [5, 5.41) is 2.85. The summed E-state index contributed by atoms with van der Waals surface area (Å²) in [5.41, 5.74) is 0.00216. The van der Waals surface area contributed by atoms with Crippen molar-refractivity contribution in [3.8, 4) is 11.8 Å². The van der Waals surface area contributed by atoms with Gasteiger partial charge in [-0.25, -0.2) is 0 Å². The Kier molecular flexibility index (Phi) is 5.64. The number of amides is 1. The minimum atomic E-state index is 0.00216. The van der Waals surface area contributed by atoms with E-state index < -0.39 is 0 Å². The Morgan fingerprint density at radius 2 is 1.83 bits per heavy atom. The monoisotopic (exact) mass is 251 g/mol. The lowest BCUT2D eigenvalue weighted by atomic mass is 9.98. The van der Waals surface area contributed by atoms with E-state index in [9.17, 15) is 4.79 Å². The minimum Gasteiger partial charge on any atom is -0.344 e. The number of hydrogen-bond donors (Lipinski definition) is 1. The third-order valence-electron chi connectivity index (χ3n) is 2.80. The highest BCUT2D eigenvalue weighted by atomic mass is 16.2. The Hall–Kier alpha value is -1.05. The Labute approximate surface area is 111 Å². The molecule has 0 atom stereocenters. The largest absolute Gasteiger partial charge is 0.344 e. The highest BCUT2D eigenvalue weighted by Crippen LogP contribution is 2.09. The fourth-order valence-electron chi connectivity index (χ4n) is 1.72. The highest BCUT2D eigenvalue weighted by Gasteiger charge is 2.15. The maximum absolute atomic E-state index is 11.7. The molecule has 18 heavy (non-hydrogen) atoms. The van der Waals surface area contributed by atoms with Crippen LogP contribution in [0.15, 0.2) is 0 Å². The van der Waals surface area contributed by atoms with Crippen molar-refractivity contribution in [2.24, 2.45) is 5.41 Å². The van der Waals surface area contributed by atoms with Gasteiger partial charge in [0.1, 0.15) is 0 Å². The summed E-state index contributed by atoms with van der Waals surface area (Å²) >= 11 is 0. The molecular weight excluding hydrogens is 226 g/mol. The first-order valence-electron chi connectivity index (χ1n) is 6.54. The van der Waals surface area contributed by atoms with Crippen LogP contribution in [0.2, 0.25) is 0 Å². The van der Waals surface area contributed by atoms with Crippen molar-refractivity contribution in [2.75, 3.05) is 46.3 Å². The lowest BCUT2D eigenvalue weighted by Gasteiger charge is -2.31. The Morgan fingerprint density at radius 3 is 2.39 bits per heavy atom. The number of rotatable bonds is 3. The molecule has 0 bridgehead atoms. The number of nitrogens with zero attached hydrogens (tertiary/aromatic N) is 2. The van der Waals surface area contributed by atoms with E-state index in [0.29, 0.717) is 13.1 Å². The van der Waals surface area contributed by atoms with Gasteiger partial charge in [0.25, 0.3) is 0 Å². The number of likely N-dealkylation sites (N-methyl/N-ethyl adjacent to an activating group) is 1. The number of carbonyl (C=O) groups excluding carboxylic acids is 1. The lowest BCUT2D eigenvalue weighted by Crippen LogP contribution is -2.48. The van der Waals surface area contributed by atoms with Crippen LogP contribution < -0.4 is 5.32 Å². The van der Waals surface area contributed by atoms with Gasteiger partial charge in [-0.05, 0) is 27.8 Å². The van der Waals surface area contributed by atoms with Gasteiger partial charge in [-0.1, -0.05) is 11.8 Å². The second-order valence-electron chi connectivity index (χ2n) is 5.91. The Balaban J connectivity index is 2.19. The molecule has 0 unspecified atom stereocenters. The molecule has 1 amide bonds. The molecule has 0 aromatic heterocycles. The third kappa shape index (κ3) is 6.63. The third-order valence-corrected chi connectivity index (χ3v) is 2.80. The summed E-state index contributed by atoms with van der Waals surface area (Å²) in [6.45, 7) is 11.1. The van der Waals surface area contributed by atoms with Gasteiger partial charge >= 0.3 is 0 Å². The number of hydrogen-bond acceptors (Lipinski definition) is 3. The molecule has 0 spiro atoms. The fourth-order valence-corrected chi connectivity index (χ4v) is 1.72. The van der Waals surface area contributed by atoms with Crippen molar-refractivity contribution in [3.63, 3.8) is 0 Å². The van der Waals surface area contributed by atoms with Gasteiger partial charge in [0.2, 0.25) is 5.91 Å². The van der Waals surface area contributed by atoms with E-state index in [1.807, 2.05) is 0 Å². The van der Waals surface area contributed by atoms with Gasteiger partial charge in [-0.3, -0.25) is 9.69 Å². The Morgan fingerprint density at radius 1 is 1.22 bits per heavy atom. The molecule has 0 aromatic carbocycles. The van der Waals surface area contributed by atoms with Crippen LogP contribution in [0.4, 0.5) is 0 Å². The molecule has 1 rings (SSSR count). The van der Waals surface area contributed by atoms with E-state index in [2.05, 4.69) is 54.8 Å². The van der Waals surface area contributed by atoms with Gasteiger partial charge in [0.15, 0.2) is 0 Å². The average Bonchev–Trinajstić information content (AvgIpc) is 2.26. The Bertz CT molecular complexity index is 327. The second kappa shape index (κ2) is 6.77. The SMILES string of the molecule is CN1CCN(CC(=O)NCC#CC(C)(C)C)CC1. The van der Waals surface area contributed by atoms with E-state index in [1.165, 1.54) is 0 Å². The van der Waals surface area contributed by atoms with E-state index in [-0.39, 0.29) is 11.3 Å². The van der Waals surface area contributed by atoms with Crippen LogP contribution in [0.3, 0.4) is 0 Å². The molecule has 1 heterocycles. The molecule has 0 aromatic rings. The van der Waals surface area contributed by atoms with Crippen molar-refractivity contribution in [1.29, 1.82) is 0 Å². The van der Waals surface area contributed by atoms with Crippen molar-refractivity contribution in [3.05, 3.63) is 0 Å². The average molecular weight is 251 g/mol. The highest BCUT2D eigenvalue weighted by molar-refractivity contribution is 5.78. The lowest BCUT2D eigenvalue weighted by molar-refractivity contribution is -0.122. The molecule has 0 saturated carbocycles. The molecule has 0 aliphatic carbocycles. The smallest absolute Gasteiger partial charge is 0.234 e. The van der Waals surface area contributed by atoms with Gasteiger partial charge in [-0.2, -0.15) is 0 Å². The summed E-state index contributed by atoms with van der Waals surface area (Å²) in [7, 11) is 2.11. The topological polar surface area (TPSA) is 35.6 Å². The molecule has 0 radical (unpaired) electrons. The summed E-state index contributed by atoms with van der Waals surface area (Å²) < 4.78 is 0. The molecule has 1 fully saturated rings. The van der Waals surface area contributed by atoms with Crippen LogP contribution in [0.25, 0.3) is 0 Å². The predicted molar refractivity (Wildman–Crippen MR) is 74.2 cm³/mol. The van der Waals surface area contributed by atoms with Crippen molar-refractivity contribution in [2.45, 2.75) is 20.8 Å². The van der Waals surface area contributed by atoms with Crippen LogP contribution in [-0.2, 0) is 4.79 Å². The van der Waals surface area contributed by atoms with Gasteiger partial charge in [0.05, 0.1) is 13.1 Å². The molecule has 1 N–H and O–H groups in total. The van der Waals surface area contributed by atoms with Gasteiger partial charge < -0.3 is 10.2 Å². The van der Waals surface area contributed by atoms with E-state index in [0.717, 1.165) is 26.2 Å². The van der Waals surface area contributed by atoms with Gasteiger partial charge in [0, 0.05) is 31.6 Å². The van der Waals surface area contributed by atoms with E-state index >= 15 is 0 Å². The van der Waals surface area contributed by atoms with Crippen LogP contribution in [0, 0.1) is 17.3 Å². The minimum absolute atomic E-state index is 0.00216. The molecule has 1 aliphatic rings. The van der Waals surface area contributed by atoms with Crippen LogP contribution in [0.5, 0.6) is 0 Å². The normalized spacial score (nSPS) is 18.0. The zero-order chi connectivity index (χ0) is 13.6. The van der Waals surface area contributed by atoms with Gasteiger partial charge in [-0.15, -0.1) is 0 Å². The van der Waals surface area contributed by atoms with Crippen LogP contribution >= 0.6 is 0 Å². The first kappa shape index (κ1) is 15.0. The standard InChI is InChI=1S/C14H25N3O/c1-14(2,3)6-5-7-15-13(18)12-17-10-8-16(4)9-11-17/h7-12H2,1-4H3,(H,15,18). The first-order chi connectivity index (χ1) is 8.37. The quantitative estimate of drug-likeness (QED) is 0.738. The molecule has 102 valence electrons. The summed E-state index contributed by atoms with van der Waals surface area (Å²) in [6, 6.07) is 0. The number of piperazine rings is 1. The summed E-state index contributed by atoms with van der Waals surface area (Å²) in [6.07, 6.45) is 0.